The summed E-state index contributed by atoms with van der Waals surface area (Å²) < 4.78 is 5.67. The molecule has 3 nitrogen and oxygen atoms in total. The lowest BCUT2D eigenvalue weighted by Crippen LogP contribution is -2.36. The first-order valence-corrected chi connectivity index (χ1v) is 7.79. The second-order valence-corrected chi connectivity index (χ2v) is 6.31. The van der Waals surface area contributed by atoms with Crippen LogP contribution < -0.4 is 5.32 Å². The van der Waals surface area contributed by atoms with Crippen LogP contribution in [-0.4, -0.2) is 30.3 Å². The Morgan fingerprint density at radius 1 is 1.00 bits per heavy atom. The van der Waals surface area contributed by atoms with Crippen molar-refractivity contribution in [3.63, 3.8) is 0 Å². The van der Waals surface area contributed by atoms with E-state index in [-0.39, 0.29) is 5.54 Å². The van der Waals surface area contributed by atoms with Crippen molar-refractivity contribution in [2.45, 2.75) is 58.4 Å². The highest BCUT2D eigenvalue weighted by atomic mass is 16.5. The fraction of sp³-hybridized carbons (Fsp3) is 0.706. The van der Waals surface area contributed by atoms with Crippen LogP contribution in [0.15, 0.2) is 24.5 Å². The van der Waals surface area contributed by atoms with Gasteiger partial charge in [-0.3, -0.25) is 4.98 Å². The van der Waals surface area contributed by atoms with E-state index >= 15 is 0 Å². The summed E-state index contributed by atoms with van der Waals surface area (Å²) in [5.74, 6) is 0. The van der Waals surface area contributed by atoms with Gasteiger partial charge in [0, 0.05) is 31.1 Å². The van der Waals surface area contributed by atoms with Gasteiger partial charge >= 0.3 is 0 Å². The maximum Gasteiger partial charge on any atom is 0.0469 e. The molecule has 0 saturated carbocycles. The molecule has 0 saturated heterocycles. The summed E-state index contributed by atoms with van der Waals surface area (Å²) in [6, 6.07) is 4.14. The summed E-state index contributed by atoms with van der Waals surface area (Å²) in [5.41, 5.74) is 1.58. The van der Waals surface area contributed by atoms with Crippen LogP contribution >= 0.6 is 0 Å². The Kier molecular flexibility index (Phi) is 8.47. The van der Waals surface area contributed by atoms with Gasteiger partial charge in [-0.15, -0.1) is 0 Å². The van der Waals surface area contributed by atoms with Gasteiger partial charge in [0.15, 0.2) is 0 Å². The normalized spacial score (nSPS) is 11.8. The van der Waals surface area contributed by atoms with Gasteiger partial charge in [0.2, 0.25) is 0 Å². The Hall–Kier alpha value is -0.930. The monoisotopic (exact) mass is 278 g/mol. The number of nitrogens with one attached hydrogen (secondary N) is 1. The van der Waals surface area contributed by atoms with Crippen LogP contribution in [0.25, 0.3) is 0 Å². The second kappa shape index (κ2) is 9.89. The van der Waals surface area contributed by atoms with Crippen LogP contribution in [0.1, 0.15) is 52.0 Å². The molecule has 0 aliphatic carbocycles. The molecule has 114 valence electrons. The van der Waals surface area contributed by atoms with Crippen LogP contribution in [0.2, 0.25) is 0 Å². The Labute approximate surface area is 124 Å². The highest BCUT2D eigenvalue weighted by Gasteiger charge is 2.06. The van der Waals surface area contributed by atoms with E-state index < -0.39 is 0 Å². The lowest BCUT2D eigenvalue weighted by Gasteiger charge is -2.20. The lowest BCUT2D eigenvalue weighted by atomic mass is 10.1. The number of ether oxygens (including phenoxy) is 1. The Bertz CT molecular complexity index is 333. The number of aromatic nitrogens is 1. The van der Waals surface area contributed by atoms with E-state index in [9.17, 15) is 0 Å². The van der Waals surface area contributed by atoms with Crippen molar-refractivity contribution in [2.24, 2.45) is 0 Å². The van der Waals surface area contributed by atoms with E-state index in [0.717, 1.165) is 32.6 Å². The molecule has 0 aliphatic rings. The van der Waals surface area contributed by atoms with E-state index in [1.807, 2.05) is 12.4 Å². The van der Waals surface area contributed by atoms with Crippen molar-refractivity contribution in [3.05, 3.63) is 30.1 Å². The van der Waals surface area contributed by atoms with Gasteiger partial charge in [-0.1, -0.05) is 0 Å². The molecule has 20 heavy (non-hydrogen) atoms. The number of nitrogens with zero attached hydrogens (tertiary/aromatic N) is 1. The van der Waals surface area contributed by atoms with Crippen molar-refractivity contribution >= 4 is 0 Å². The van der Waals surface area contributed by atoms with Crippen LogP contribution in [0.4, 0.5) is 0 Å². The van der Waals surface area contributed by atoms with Crippen molar-refractivity contribution < 1.29 is 4.74 Å². The van der Waals surface area contributed by atoms with Crippen LogP contribution in [0.5, 0.6) is 0 Å². The van der Waals surface area contributed by atoms with Crippen molar-refractivity contribution in [1.29, 1.82) is 0 Å². The van der Waals surface area contributed by atoms with Gasteiger partial charge in [0.05, 0.1) is 0 Å². The topological polar surface area (TPSA) is 34.1 Å². The number of rotatable bonds is 10. The number of unbranched alkanes of at least 4 members (excludes halogenated alkanes) is 2. The molecule has 0 aliphatic heterocycles. The van der Waals surface area contributed by atoms with Crippen LogP contribution in [0, 0.1) is 0 Å². The van der Waals surface area contributed by atoms with Crippen molar-refractivity contribution in [3.8, 4) is 0 Å². The highest BCUT2D eigenvalue weighted by molar-refractivity contribution is 5.09. The fourth-order valence-electron chi connectivity index (χ4n) is 2.00. The van der Waals surface area contributed by atoms with Crippen LogP contribution in [0.3, 0.4) is 0 Å². The molecule has 0 amide bonds. The zero-order chi connectivity index (χ0) is 14.7. The molecular weight excluding hydrogens is 248 g/mol. The average Bonchev–Trinajstić information content (AvgIpc) is 2.41. The zero-order valence-electron chi connectivity index (χ0n) is 13.3. The largest absolute Gasteiger partial charge is 0.381 e. The van der Waals surface area contributed by atoms with E-state index in [2.05, 4.69) is 43.2 Å². The predicted octanol–water partition coefficient (Wildman–Crippen LogP) is 3.59. The van der Waals surface area contributed by atoms with Gasteiger partial charge in [-0.2, -0.15) is 0 Å². The van der Waals surface area contributed by atoms with E-state index in [0.29, 0.717) is 0 Å². The average molecular weight is 278 g/mol. The Morgan fingerprint density at radius 2 is 1.70 bits per heavy atom. The summed E-state index contributed by atoms with van der Waals surface area (Å²) in [4.78, 5) is 4.02. The van der Waals surface area contributed by atoms with Gasteiger partial charge in [-0.25, -0.2) is 0 Å². The summed E-state index contributed by atoms with van der Waals surface area (Å²) in [5, 5.41) is 3.51. The molecule has 0 radical (unpaired) electrons. The number of pyridine rings is 1. The third-order valence-corrected chi connectivity index (χ3v) is 3.12. The minimum atomic E-state index is 0.240. The smallest absolute Gasteiger partial charge is 0.0469 e. The molecule has 0 unspecified atom stereocenters. The maximum atomic E-state index is 5.67. The summed E-state index contributed by atoms with van der Waals surface area (Å²) in [6.07, 6.45) is 9.52. The van der Waals surface area contributed by atoms with Crippen molar-refractivity contribution in [1.82, 2.24) is 10.3 Å². The molecule has 3 heteroatoms. The fourth-order valence-corrected chi connectivity index (χ4v) is 2.00. The molecule has 1 aromatic rings. The summed E-state index contributed by atoms with van der Waals surface area (Å²) in [6.45, 7) is 9.48. The first-order chi connectivity index (χ1) is 9.58. The van der Waals surface area contributed by atoms with E-state index in [4.69, 9.17) is 4.74 Å². The third kappa shape index (κ3) is 9.93. The molecule has 1 N–H and O–H groups in total. The lowest BCUT2D eigenvalue weighted by molar-refractivity contribution is 0.127. The summed E-state index contributed by atoms with van der Waals surface area (Å²) >= 11 is 0. The van der Waals surface area contributed by atoms with Gasteiger partial charge < -0.3 is 10.1 Å². The van der Waals surface area contributed by atoms with Gasteiger partial charge in [-0.05, 0) is 77.1 Å². The molecule has 0 fully saturated rings. The first-order valence-electron chi connectivity index (χ1n) is 7.79. The number of hydrogen-bond donors (Lipinski definition) is 1. The predicted molar refractivity (Wildman–Crippen MR) is 85.0 cm³/mol. The van der Waals surface area contributed by atoms with Gasteiger partial charge in [0.1, 0.15) is 0 Å². The SMILES string of the molecule is CC(C)(C)NCCCCCOCCCc1ccncc1. The minimum absolute atomic E-state index is 0.240. The maximum absolute atomic E-state index is 5.67. The zero-order valence-corrected chi connectivity index (χ0v) is 13.3. The molecule has 0 aromatic carbocycles. The van der Waals surface area contributed by atoms with Gasteiger partial charge in [0.25, 0.3) is 0 Å². The third-order valence-electron chi connectivity index (χ3n) is 3.12. The second-order valence-electron chi connectivity index (χ2n) is 6.31. The quantitative estimate of drug-likeness (QED) is 0.664. The Balaban J connectivity index is 1.83. The molecular formula is C17H30N2O. The molecule has 0 bridgehead atoms. The molecule has 1 aromatic heterocycles. The molecule has 1 rings (SSSR count). The number of hydrogen-bond acceptors (Lipinski definition) is 3. The highest BCUT2D eigenvalue weighted by Crippen LogP contribution is 2.03. The van der Waals surface area contributed by atoms with Crippen LogP contribution in [-0.2, 0) is 11.2 Å². The first kappa shape index (κ1) is 17.1. The number of aryl methyl sites for hydroxylation is 1. The molecule has 1 heterocycles. The minimum Gasteiger partial charge on any atom is -0.381 e. The van der Waals surface area contributed by atoms with Crippen molar-refractivity contribution in [2.75, 3.05) is 19.8 Å². The van der Waals surface area contributed by atoms with E-state index in [1.165, 1.54) is 24.8 Å². The van der Waals surface area contributed by atoms with E-state index in [1.54, 1.807) is 0 Å². The molecule has 0 atom stereocenters. The molecule has 0 spiro atoms. The standard InChI is InChI=1S/C17H30N2O/c1-17(2,3)19-11-5-4-6-14-20-15-7-8-16-9-12-18-13-10-16/h9-10,12-13,19H,4-8,11,14-15H2,1-3H3. The Morgan fingerprint density at radius 3 is 2.40 bits per heavy atom. The summed E-state index contributed by atoms with van der Waals surface area (Å²) in [7, 11) is 0.